The SMILES string of the molecule is C=C(CCC(=O)NC1CSC/C=C(/CC/C=C(\C)CCC=C(C)C)NNC1=C)NN. The van der Waals surface area contributed by atoms with E-state index in [2.05, 4.69) is 73.8 Å². The van der Waals surface area contributed by atoms with Gasteiger partial charge in [0.1, 0.15) is 0 Å². The second-order valence-electron chi connectivity index (χ2n) is 7.82. The van der Waals surface area contributed by atoms with E-state index in [0.29, 0.717) is 18.5 Å². The van der Waals surface area contributed by atoms with Gasteiger partial charge in [-0.25, -0.2) is 0 Å². The minimum absolute atomic E-state index is 0.0406. The number of carbonyl (C=O) groups is 1. The van der Waals surface area contributed by atoms with Crippen LogP contribution in [0, 0.1) is 0 Å². The highest BCUT2D eigenvalue weighted by atomic mass is 32.2. The van der Waals surface area contributed by atoms with E-state index in [0.717, 1.165) is 48.6 Å². The van der Waals surface area contributed by atoms with E-state index in [-0.39, 0.29) is 11.9 Å². The number of carbonyl (C=O) groups excluding carboxylic acids is 1. The minimum Gasteiger partial charge on any atom is -0.347 e. The highest BCUT2D eigenvalue weighted by Gasteiger charge is 2.17. The quantitative estimate of drug-likeness (QED) is 0.193. The van der Waals surface area contributed by atoms with Crippen molar-refractivity contribution >= 4 is 17.7 Å². The maximum atomic E-state index is 12.2. The van der Waals surface area contributed by atoms with Crippen LogP contribution in [0.3, 0.4) is 0 Å². The van der Waals surface area contributed by atoms with Crippen LogP contribution in [-0.2, 0) is 4.79 Å². The zero-order chi connectivity index (χ0) is 22.4. The van der Waals surface area contributed by atoms with Gasteiger partial charge in [-0.1, -0.05) is 42.5 Å². The number of amides is 1. The number of nitrogens with two attached hydrogens (primary N) is 1. The maximum Gasteiger partial charge on any atom is 0.220 e. The van der Waals surface area contributed by atoms with Gasteiger partial charge >= 0.3 is 0 Å². The molecule has 168 valence electrons. The van der Waals surface area contributed by atoms with Crippen molar-refractivity contribution in [3.05, 3.63) is 59.6 Å². The molecule has 0 bridgehead atoms. The Kier molecular flexibility index (Phi) is 12.8. The molecule has 30 heavy (non-hydrogen) atoms. The van der Waals surface area contributed by atoms with Crippen molar-refractivity contribution in [3.8, 4) is 0 Å². The zero-order valence-corrected chi connectivity index (χ0v) is 19.6. The number of allylic oxidation sites excluding steroid dienone is 6. The summed E-state index contributed by atoms with van der Waals surface area (Å²) in [6.45, 7) is 14.3. The predicted octanol–water partition coefficient (Wildman–Crippen LogP) is 3.94. The van der Waals surface area contributed by atoms with E-state index in [4.69, 9.17) is 5.84 Å². The number of hydrazine groups is 2. The molecular formula is C23H39N5OS. The van der Waals surface area contributed by atoms with Gasteiger partial charge < -0.3 is 21.6 Å². The first-order valence-corrected chi connectivity index (χ1v) is 11.7. The highest BCUT2D eigenvalue weighted by molar-refractivity contribution is 7.99. The predicted molar refractivity (Wildman–Crippen MR) is 130 cm³/mol. The molecule has 0 aromatic carbocycles. The lowest BCUT2D eigenvalue weighted by molar-refractivity contribution is -0.121. The van der Waals surface area contributed by atoms with Crippen LogP contribution < -0.4 is 27.4 Å². The van der Waals surface area contributed by atoms with Gasteiger partial charge in [0.25, 0.3) is 0 Å². The average molecular weight is 434 g/mol. The van der Waals surface area contributed by atoms with Crippen LogP contribution in [0.2, 0.25) is 0 Å². The second kappa shape index (κ2) is 14.8. The van der Waals surface area contributed by atoms with Crippen molar-refractivity contribution in [2.75, 3.05) is 11.5 Å². The van der Waals surface area contributed by atoms with Crippen molar-refractivity contribution < 1.29 is 4.79 Å². The summed E-state index contributed by atoms with van der Waals surface area (Å²) in [5, 5.41) is 3.04. The fraction of sp³-hybridized carbons (Fsp3) is 0.522. The lowest BCUT2D eigenvalue weighted by atomic mass is 10.1. The van der Waals surface area contributed by atoms with Crippen LogP contribution in [0.1, 0.15) is 59.3 Å². The molecule has 0 fully saturated rings. The Labute approximate surface area is 186 Å². The largest absolute Gasteiger partial charge is 0.347 e. The molecule has 0 saturated heterocycles. The molecule has 1 unspecified atom stereocenters. The van der Waals surface area contributed by atoms with E-state index in [1.54, 1.807) is 11.8 Å². The summed E-state index contributed by atoms with van der Waals surface area (Å²) < 4.78 is 0. The maximum absolute atomic E-state index is 12.2. The molecule has 0 spiro atoms. The van der Waals surface area contributed by atoms with Gasteiger partial charge in [-0.15, -0.1) is 0 Å². The summed E-state index contributed by atoms with van der Waals surface area (Å²) in [5.41, 5.74) is 14.3. The molecule has 1 aliphatic rings. The molecule has 1 heterocycles. The summed E-state index contributed by atoms with van der Waals surface area (Å²) in [4.78, 5) is 12.2. The Morgan fingerprint density at radius 3 is 2.70 bits per heavy atom. The summed E-state index contributed by atoms with van der Waals surface area (Å²) in [6.07, 6.45) is 11.8. The molecule has 1 aliphatic heterocycles. The molecule has 0 radical (unpaired) electrons. The molecule has 7 heteroatoms. The first-order chi connectivity index (χ1) is 14.3. The lowest BCUT2D eigenvalue weighted by Crippen LogP contribution is -2.44. The van der Waals surface area contributed by atoms with Crippen molar-refractivity contribution in [1.82, 2.24) is 21.6 Å². The van der Waals surface area contributed by atoms with E-state index in [1.165, 1.54) is 11.1 Å². The minimum atomic E-state index is -0.140. The molecule has 0 aromatic rings. The summed E-state index contributed by atoms with van der Waals surface area (Å²) >= 11 is 1.78. The molecule has 1 rings (SSSR count). The zero-order valence-electron chi connectivity index (χ0n) is 18.8. The van der Waals surface area contributed by atoms with Gasteiger partial charge in [0.15, 0.2) is 0 Å². The van der Waals surface area contributed by atoms with E-state index < -0.39 is 0 Å². The number of hydrogen-bond donors (Lipinski definition) is 5. The fourth-order valence-corrected chi connectivity index (χ4v) is 3.78. The summed E-state index contributed by atoms with van der Waals surface area (Å²) in [5.74, 6) is 6.90. The Bertz CT molecular complexity index is 677. The first kappa shape index (κ1) is 25.9. The molecule has 1 atom stereocenters. The standard InChI is InChI=1S/C23H39N5OS/c1-17(2)8-6-9-18(3)10-7-11-21-14-15-30-16-22(20(5)27-28-21)25-23(29)13-12-19(4)26-24/h8,10,14,22,26-28H,4-7,9,11-13,15-16,24H2,1-3H3,(H,25,29)/b18-10+,21-14-. The van der Waals surface area contributed by atoms with Gasteiger partial charge in [-0.2, -0.15) is 11.8 Å². The van der Waals surface area contributed by atoms with Crippen LogP contribution in [0.5, 0.6) is 0 Å². The molecule has 0 aliphatic carbocycles. The molecule has 1 amide bonds. The number of nitrogens with one attached hydrogen (secondary N) is 4. The Morgan fingerprint density at radius 1 is 1.23 bits per heavy atom. The van der Waals surface area contributed by atoms with Crippen molar-refractivity contribution in [3.63, 3.8) is 0 Å². The Morgan fingerprint density at radius 2 is 2.00 bits per heavy atom. The van der Waals surface area contributed by atoms with Gasteiger partial charge in [-0.05, 0) is 52.9 Å². The Balaban J connectivity index is 2.45. The third-order valence-corrected chi connectivity index (χ3v) is 5.70. The fourth-order valence-electron chi connectivity index (χ4n) is 2.81. The van der Waals surface area contributed by atoms with E-state index in [1.807, 2.05) is 0 Å². The topological polar surface area (TPSA) is 91.2 Å². The van der Waals surface area contributed by atoms with Gasteiger partial charge in [-0.3, -0.25) is 10.6 Å². The smallest absolute Gasteiger partial charge is 0.220 e. The van der Waals surface area contributed by atoms with Crippen molar-refractivity contribution in [2.45, 2.75) is 65.3 Å². The van der Waals surface area contributed by atoms with Crippen LogP contribution in [0.4, 0.5) is 0 Å². The van der Waals surface area contributed by atoms with Gasteiger partial charge in [0.2, 0.25) is 5.91 Å². The monoisotopic (exact) mass is 433 g/mol. The Hall–Kier alpha value is -2.12. The van der Waals surface area contributed by atoms with Crippen LogP contribution >= 0.6 is 11.8 Å². The third kappa shape index (κ3) is 11.8. The second-order valence-corrected chi connectivity index (χ2v) is 8.89. The molecular weight excluding hydrogens is 394 g/mol. The van der Waals surface area contributed by atoms with E-state index >= 15 is 0 Å². The molecule has 6 nitrogen and oxygen atoms in total. The summed E-state index contributed by atoms with van der Waals surface area (Å²) in [7, 11) is 0. The van der Waals surface area contributed by atoms with Crippen LogP contribution in [0.15, 0.2) is 59.6 Å². The number of rotatable bonds is 11. The van der Waals surface area contributed by atoms with Crippen molar-refractivity contribution in [1.29, 1.82) is 0 Å². The van der Waals surface area contributed by atoms with Gasteiger partial charge in [0, 0.05) is 35.0 Å². The number of thioether (sulfide) groups is 1. The molecule has 6 N–H and O–H groups in total. The third-order valence-electron chi connectivity index (χ3n) is 4.73. The highest BCUT2D eigenvalue weighted by Crippen LogP contribution is 2.15. The van der Waals surface area contributed by atoms with Crippen LogP contribution in [-0.4, -0.2) is 23.5 Å². The van der Waals surface area contributed by atoms with Crippen LogP contribution in [0.25, 0.3) is 0 Å². The first-order valence-electron chi connectivity index (χ1n) is 10.5. The summed E-state index contributed by atoms with van der Waals surface area (Å²) in [6, 6.07) is -0.140. The average Bonchev–Trinajstić information content (AvgIpc) is 2.78. The molecule has 0 saturated carbocycles. The van der Waals surface area contributed by atoms with E-state index in [9.17, 15) is 4.79 Å². The van der Waals surface area contributed by atoms with Crippen molar-refractivity contribution in [2.24, 2.45) is 5.84 Å². The molecule has 0 aromatic heterocycles. The lowest BCUT2D eigenvalue weighted by Gasteiger charge is -2.22. The number of hydrogen-bond acceptors (Lipinski definition) is 6. The van der Waals surface area contributed by atoms with Gasteiger partial charge in [0.05, 0.1) is 6.04 Å². The normalized spacial score (nSPS) is 19.1.